The van der Waals surface area contributed by atoms with Crippen molar-refractivity contribution in [1.82, 2.24) is 0 Å². The van der Waals surface area contributed by atoms with E-state index in [1.165, 1.54) is 0 Å². The molecule has 0 unspecified atom stereocenters. The lowest BCUT2D eigenvalue weighted by Gasteiger charge is -2.14. The number of hydrogen-bond acceptors (Lipinski definition) is 1. The van der Waals surface area contributed by atoms with Crippen molar-refractivity contribution in [2.24, 2.45) is 0 Å². The average Bonchev–Trinajstić information content (AvgIpc) is 2.36. The quantitative estimate of drug-likeness (QED) is 0.615. The molecule has 0 bridgehead atoms. The monoisotopic (exact) mass is 334 g/mol. The molecule has 2 rings (SSSR count). The Balaban J connectivity index is 2.39. The number of ether oxygens (including phenoxy) is 1. The molecule has 2 aromatic rings. The summed E-state index contributed by atoms with van der Waals surface area (Å²) in [6.45, 7) is 3.84. The van der Waals surface area contributed by atoms with Crippen LogP contribution in [0, 0.1) is 13.8 Å². The highest BCUT2D eigenvalue weighted by Gasteiger charge is 2.32. The van der Waals surface area contributed by atoms with Gasteiger partial charge in [-0.15, -0.1) is 0 Å². The molecule has 0 atom stereocenters. The zero-order chi connectivity index (χ0) is 15.8. The fraction of sp³-hybridized carbons (Fsp3) is 0.200. The van der Waals surface area contributed by atoms with Gasteiger partial charge in [0.05, 0.1) is 15.6 Å². The molecule has 0 saturated carbocycles. The SMILES string of the molecule is Cc1ccc(Oc2c(Cl)cc(C(F)(F)F)cc2Cl)cc1C. The van der Waals surface area contributed by atoms with Gasteiger partial charge in [0.25, 0.3) is 0 Å². The summed E-state index contributed by atoms with van der Waals surface area (Å²) in [4.78, 5) is 0. The Hall–Kier alpha value is -1.39. The molecule has 0 radical (unpaired) electrons. The first-order valence-corrected chi connectivity index (χ1v) is 6.75. The zero-order valence-corrected chi connectivity index (χ0v) is 12.7. The Morgan fingerprint density at radius 3 is 1.95 bits per heavy atom. The molecule has 0 fully saturated rings. The van der Waals surface area contributed by atoms with Crippen LogP contribution in [0.2, 0.25) is 10.0 Å². The third kappa shape index (κ3) is 3.63. The van der Waals surface area contributed by atoms with Crippen LogP contribution in [0.5, 0.6) is 11.5 Å². The van der Waals surface area contributed by atoms with Gasteiger partial charge in [0.1, 0.15) is 5.75 Å². The second-order valence-corrected chi connectivity index (χ2v) is 5.43. The van der Waals surface area contributed by atoms with Crippen molar-refractivity contribution in [3.8, 4) is 11.5 Å². The van der Waals surface area contributed by atoms with Crippen molar-refractivity contribution in [2.45, 2.75) is 20.0 Å². The largest absolute Gasteiger partial charge is 0.454 e. The van der Waals surface area contributed by atoms with Crippen LogP contribution in [-0.4, -0.2) is 0 Å². The summed E-state index contributed by atoms with van der Waals surface area (Å²) in [6.07, 6.45) is -4.51. The van der Waals surface area contributed by atoms with Crippen molar-refractivity contribution in [2.75, 3.05) is 0 Å². The summed E-state index contributed by atoms with van der Waals surface area (Å²) in [5, 5.41) is -0.374. The van der Waals surface area contributed by atoms with Crippen LogP contribution >= 0.6 is 23.2 Å². The van der Waals surface area contributed by atoms with Gasteiger partial charge in [0, 0.05) is 0 Å². The molecule has 0 saturated heterocycles. The van der Waals surface area contributed by atoms with Gasteiger partial charge < -0.3 is 4.74 Å². The van der Waals surface area contributed by atoms with Crippen molar-refractivity contribution >= 4 is 23.2 Å². The smallest absolute Gasteiger partial charge is 0.416 e. The summed E-state index contributed by atoms with van der Waals surface area (Å²) >= 11 is 11.7. The number of hydrogen-bond donors (Lipinski definition) is 0. The fourth-order valence-electron chi connectivity index (χ4n) is 1.72. The number of aryl methyl sites for hydroxylation is 2. The van der Waals surface area contributed by atoms with Crippen molar-refractivity contribution in [1.29, 1.82) is 0 Å². The average molecular weight is 335 g/mol. The van der Waals surface area contributed by atoms with E-state index < -0.39 is 11.7 Å². The maximum atomic E-state index is 12.6. The maximum absolute atomic E-state index is 12.6. The van der Waals surface area contributed by atoms with E-state index in [9.17, 15) is 13.2 Å². The highest BCUT2D eigenvalue weighted by atomic mass is 35.5. The maximum Gasteiger partial charge on any atom is 0.416 e. The molecule has 6 heteroatoms. The Bertz CT molecular complexity index is 658. The molecular formula is C15H11Cl2F3O. The van der Waals surface area contributed by atoms with Crippen LogP contribution in [0.3, 0.4) is 0 Å². The van der Waals surface area contributed by atoms with E-state index in [1.807, 2.05) is 19.9 Å². The molecule has 0 aliphatic carbocycles. The Kier molecular flexibility index (Phi) is 4.40. The molecule has 0 aliphatic rings. The van der Waals surface area contributed by atoms with E-state index in [0.29, 0.717) is 5.75 Å². The van der Waals surface area contributed by atoms with Crippen molar-refractivity contribution < 1.29 is 17.9 Å². The minimum atomic E-state index is -4.51. The second kappa shape index (κ2) is 5.78. The van der Waals surface area contributed by atoms with Crippen molar-refractivity contribution in [3.05, 3.63) is 57.1 Å². The van der Waals surface area contributed by atoms with Gasteiger partial charge in [0.15, 0.2) is 5.75 Å². The molecule has 112 valence electrons. The van der Waals surface area contributed by atoms with Gasteiger partial charge in [-0.25, -0.2) is 0 Å². The number of benzene rings is 2. The minimum Gasteiger partial charge on any atom is -0.454 e. The molecule has 2 aromatic carbocycles. The van der Waals surface area contributed by atoms with Crippen LogP contribution in [-0.2, 0) is 6.18 Å². The first-order chi connectivity index (χ1) is 9.68. The summed E-state index contributed by atoms with van der Waals surface area (Å²) in [5.41, 5.74) is 1.16. The Morgan fingerprint density at radius 2 is 1.48 bits per heavy atom. The molecule has 0 aliphatic heterocycles. The van der Waals surface area contributed by atoms with E-state index in [1.54, 1.807) is 12.1 Å². The molecule has 0 spiro atoms. The predicted octanol–water partition coefficient (Wildman–Crippen LogP) is 6.42. The lowest BCUT2D eigenvalue weighted by molar-refractivity contribution is -0.137. The normalized spacial score (nSPS) is 11.6. The topological polar surface area (TPSA) is 9.23 Å². The van der Waals surface area contributed by atoms with Crippen LogP contribution in [0.25, 0.3) is 0 Å². The predicted molar refractivity (Wildman–Crippen MR) is 77.5 cm³/mol. The van der Waals surface area contributed by atoms with Gasteiger partial charge in [-0.05, 0) is 49.2 Å². The third-order valence-electron chi connectivity index (χ3n) is 3.02. The summed E-state index contributed by atoms with van der Waals surface area (Å²) < 4.78 is 43.4. The molecular weight excluding hydrogens is 324 g/mol. The van der Waals surface area contributed by atoms with Gasteiger partial charge in [-0.3, -0.25) is 0 Å². The third-order valence-corrected chi connectivity index (χ3v) is 3.59. The minimum absolute atomic E-state index is 0.00888. The first kappa shape index (κ1) is 16.0. The van der Waals surface area contributed by atoms with Gasteiger partial charge in [-0.1, -0.05) is 29.3 Å². The van der Waals surface area contributed by atoms with Crippen LogP contribution in [0.15, 0.2) is 30.3 Å². The van der Waals surface area contributed by atoms with Crippen LogP contribution < -0.4 is 4.74 Å². The van der Waals surface area contributed by atoms with Gasteiger partial charge in [0.2, 0.25) is 0 Å². The Labute approximate surface area is 130 Å². The van der Waals surface area contributed by atoms with E-state index >= 15 is 0 Å². The van der Waals surface area contributed by atoms with Gasteiger partial charge in [-0.2, -0.15) is 13.2 Å². The summed E-state index contributed by atoms with van der Waals surface area (Å²) in [6, 6.07) is 6.90. The first-order valence-electron chi connectivity index (χ1n) is 6.00. The highest BCUT2D eigenvalue weighted by Crippen LogP contribution is 2.41. The van der Waals surface area contributed by atoms with Crippen molar-refractivity contribution in [3.63, 3.8) is 0 Å². The highest BCUT2D eigenvalue weighted by molar-refractivity contribution is 6.37. The molecule has 0 aromatic heterocycles. The van der Waals surface area contributed by atoms with Crippen LogP contribution in [0.1, 0.15) is 16.7 Å². The molecule has 0 amide bonds. The van der Waals surface area contributed by atoms with Gasteiger partial charge >= 0.3 is 6.18 Å². The van der Waals surface area contributed by atoms with E-state index in [-0.39, 0.29) is 15.8 Å². The van der Waals surface area contributed by atoms with E-state index in [4.69, 9.17) is 27.9 Å². The van der Waals surface area contributed by atoms with E-state index in [2.05, 4.69) is 0 Å². The Morgan fingerprint density at radius 1 is 0.905 bits per heavy atom. The molecule has 1 nitrogen and oxygen atoms in total. The zero-order valence-electron chi connectivity index (χ0n) is 11.2. The number of alkyl halides is 3. The van der Waals surface area contributed by atoms with E-state index in [0.717, 1.165) is 23.3 Å². The fourth-order valence-corrected chi connectivity index (χ4v) is 2.28. The summed E-state index contributed by atoms with van der Waals surface area (Å²) in [5.74, 6) is 0.469. The standard InChI is InChI=1S/C15H11Cl2F3O/c1-8-3-4-11(5-9(8)2)21-14-12(16)6-10(7-13(14)17)15(18,19)20/h3-7H,1-2H3. The summed E-state index contributed by atoms with van der Waals surface area (Å²) in [7, 11) is 0. The number of rotatable bonds is 2. The molecule has 0 heterocycles. The second-order valence-electron chi connectivity index (χ2n) is 4.61. The lowest BCUT2D eigenvalue weighted by atomic mass is 10.1. The lowest BCUT2D eigenvalue weighted by Crippen LogP contribution is -2.05. The molecule has 0 N–H and O–H groups in total. The number of halogens is 5. The molecule has 21 heavy (non-hydrogen) atoms. The van der Waals surface area contributed by atoms with Crippen LogP contribution in [0.4, 0.5) is 13.2 Å².